The summed E-state index contributed by atoms with van der Waals surface area (Å²) >= 11 is 0. The Morgan fingerprint density at radius 1 is 1.14 bits per heavy atom. The van der Waals surface area contributed by atoms with Gasteiger partial charge >= 0.3 is 5.97 Å². The summed E-state index contributed by atoms with van der Waals surface area (Å²) in [6.07, 6.45) is 6.20. The third-order valence-electron chi connectivity index (χ3n) is 4.43. The number of allylic oxidation sites excluding steroid dienone is 2. The second kappa shape index (κ2) is 5.95. The molecule has 116 valence electrons. The Labute approximate surface area is 130 Å². The normalized spacial score (nSPS) is 25.3. The van der Waals surface area contributed by atoms with Crippen LogP contribution in [0, 0.1) is 31.6 Å². The van der Waals surface area contributed by atoms with E-state index in [1.807, 2.05) is 32.0 Å². The topological polar surface area (TPSA) is 55.4 Å². The molecule has 2 aliphatic carbocycles. The van der Waals surface area contributed by atoms with E-state index in [2.05, 4.69) is 17.5 Å². The number of aryl methyl sites for hydroxylation is 2. The number of rotatable bonds is 4. The second-order valence-electron chi connectivity index (χ2n) is 6.42. The van der Waals surface area contributed by atoms with Gasteiger partial charge in [0.25, 0.3) is 5.91 Å². The van der Waals surface area contributed by atoms with Crippen LogP contribution in [0.15, 0.2) is 30.4 Å². The first-order valence-electron chi connectivity index (χ1n) is 7.74. The summed E-state index contributed by atoms with van der Waals surface area (Å²) in [5.41, 5.74) is 2.91. The number of anilines is 1. The zero-order valence-corrected chi connectivity index (χ0v) is 13.0. The van der Waals surface area contributed by atoms with Crippen LogP contribution in [0.4, 0.5) is 5.69 Å². The maximum absolute atomic E-state index is 12.1. The predicted molar refractivity (Wildman–Crippen MR) is 84.3 cm³/mol. The molecule has 1 aromatic rings. The van der Waals surface area contributed by atoms with Crippen molar-refractivity contribution in [1.82, 2.24) is 0 Å². The van der Waals surface area contributed by atoms with E-state index in [0.717, 1.165) is 29.7 Å². The van der Waals surface area contributed by atoms with Gasteiger partial charge in [-0.05, 0) is 61.8 Å². The monoisotopic (exact) mass is 299 g/mol. The summed E-state index contributed by atoms with van der Waals surface area (Å²) in [5, 5.41) is 2.77. The Balaban J connectivity index is 1.50. The molecule has 0 spiro atoms. The smallest absolute Gasteiger partial charge is 0.310 e. The third-order valence-corrected chi connectivity index (χ3v) is 4.43. The minimum absolute atomic E-state index is 0.0657. The Bertz CT molecular complexity index is 615. The average Bonchev–Trinajstić information content (AvgIpc) is 3.06. The summed E-state index contributed by atoms with van der Waals surface area (Å²) in [5.74, 6) is 0.222. The number of amides is 1. The van der Waals surface area contributed by atoms with Gasteiger partial charge in [-0.2, -0.15) is 0 Å². The van der Waals surface area contributed by atoms with Gasteiger partial charge in [-0.3, -0.25) is 9.59 Å². The van der Waals surface area contributed by atoms with Gasteiger partial charge in [-0.1, -0.05) is 18.2 Å². The van der Waals surface area contributed by atoms with Crippen molar-refractivity contribution < 1.29 is 14.3 Å². The van der Waals surface area contributed by atoms with Crippen LogP contribution in [0.1, 0.15) is 24.0 Å². The molecule has 1 aromatic carbocycles. The zero-order valence-electron chi connectivity index (χ0n) is 13.0. The van der Waals surface area contributed by atoms with Crippen LogP contribution < -0.4 is 5.32 Å². The number of nitrogens with one attached hydrogen (secondary N) is 1. The minimum Gasteiger partial charge on any atom is -0.455 e. The maximum atomic E-state index is 12.1. The SMILES string of the molecule is Cc1cc(C)cc(NC(=O)COC(=O)C2CC3C=CC2C3)c1. The standard InChI is InChI=1S/C18H21NO3/c1-11-5-12(2)7-15(6-11)19-17(20)10-22-18(21)16-9-13-3-4-14(16)8-13/h3-7,13-14,16H,8-10H2,1-2H3,(H,19,20). The van der Waals surface area contributed by atoms with E-state index in [4.69, 9.17) is 4.74 Å². The molecule has 1 N–H and O–H groups in total. The molecular formula is C18H21NO3. The number of hydrogen-bond acceptors (Lipinski definition) is 3. The lowest BCUT2D eigenvalue weighted by atomic mass is 9.94. The van der Waals surface area contributed by atoms with Gasteiger partial charge in [0.2, 0.25) is 0 Å². The third kappa shape index (κ3) is 3.21. The Morgan fingerprint density at radius 3 is 2.45 bits per heavy atom. The van der Waals surface area contributed by atoms with Crippen LogP contribution in [-0.2, 0) is 14.3 Å². The number of hydrogen-bond donors (Lipinski definition) is 1. The molecule has 0 aliphatic heterocycles. The number of benzene rings is 1. The van der Waals surface area contributed by atoms with Gasteiger partial charge in [-0.25, -0.2) is 0 Å². The summed E-state index contributed by atoms with van der Waals surface area (Å²) in [7, 11) is 0. The first-order valence-corrected chi connectivity index (χ1v) is 7.74. The molecule has 0 saturated heterocycles. The van der Waals surface area contributed by atoms with Gasteiger partial charge < -0.3 is 10.1 Å². The highest BCUT2D eigenvalue weighted by molar-refractivity contribution is 5.93. The first-order chi connectivity index (χ1) is 10.5. The summed E-state index contributed by atoms with van der Waals surface area (Å²) < 4.78 is 5.19. The van der Waals surface area contributed by atoms with Crippen LogP contribution >= 0.6 is 0 Å². The fourth-order valence-electron chi connectivity index (χ4n) is 3.54. The zero-order chi connectivity index (χ0) is 15.7. The molecule has 22 heavy (non-hydrogen) atoms. The molecule has 0 heterocycles. The lowest BCUT2D eigenvalue weighted by Crippen LogP contribution is -2.26. The van der Waals surface area contributed by atoms with E-state index in [0.29, 0.717) is 11.8 Å². The molecule has 2 aliphatic rings. The molecule has 3 atom stereocenters. The van der Waals surface area contributed by atoms with E-state index in [1.54, 1.807) is 0 Å². The second-order valence-corrected chi connectivity index (χ2v) is 6.42. The first kappa shape index (κ1) is 14.8. The Kier molecular flexibility index (Phi) is 4.01. The lowest BCUT2D eigenvalue weighted by molar-refractivity contribution is -0.152. The van der Waals surface area contributed by atoms with Crippen LogP contribution in [0.25, 0.3) is 0 Å². The van der Waals surface area contributed by atoms with Crippen molar-refractivity contribution in [3.8, 4) is 0 Å². The van der Waals surface area contributed by atoms with Gasteiger partial charge in [-0.15, -0.1) is 0 Å². The highest BCUT2D eigenvalue weighted by atomic mass is 16.5. The Morgan fingerprint density at radius 2 is 1.86 bits per heavy atom. The minimum atomic E-state index is -0.294. The van der Waals surface area contributed by atoms with Crippen LogP contribution in [0.5, 0.6) is 0 Å². The number of esters is 1. The number of fused-ring (bicyclic) bond motifs is 2. The largest absolute Gasteiger partial charge is 0.455 e. The molecule has 1 saturated carbocycles. The molecule has 2 bridgehead atoms. The predicted octanol–water partition coefficient (Wildman–Crippen LogP) is 3.00. The highest BCUT2D eigenvalue weighted by Gasteiger charge is 2.40. The fourth-order valence-corrected chi connectivity index (χ4v) is 3.54. The van der Waals surface area contributed by atoms with Crippen molar-refractivity contribution in [2.45, 2.75) is 26.7 Å². The van der Waals surface area contributed by atoms with Gasteiger partial charge in [0.05, 0.1) is 5.92 Å². The maximum Gasteiger partial charge on any atom is 0.310 e. The fraction of sp³-hybridized carbons (Fsp3) is 0.444. The average molecular weight is 299 g/mol. The van der Waals surface area contributed by atoms with Crippen molar-refractivity contribution in [1.29, 1.82) is 0 Å². The van der Waals surface area contributed by atoms with Crippen molar-refractivity contribution in [3.63, 3.8) is 0 Å². The van der Waals surface area contributed by atoms with Crippen LogP contribution in [-0.4, -0.2) is 18.5 Å². The van der Waals surface area contributed by atoms with Crippen LogP contribution in [0.2, 0.25) is 0 Å². The molecule has 0 aromatic heterocycles. The van der Waals surface area contributed by atoms with Crippen molar-refractivity contribution in [2.24, 2.45) is 17.8 Å². The van der Waals surface area contributed by atoms with E-state index in [1.165, 1.54) is 0 Å². The summed E-state index contributed by atoms with van der Waals surface area (Å²) in [4.78, 5) is 24.0. The van der Waals surface area contributed by atoms with Gasteiger partial charge in [0.15, 0.2) is 6.61 Å². The van der Waals surface area contributed by atoms with Crippen LogP contribution in [0.3, 0.4) is 0 Å². The number of carbonyl (C=O) groups excluding carboxylic acids is 2. The molecule has 4 heteroatoms. The van der Waals surface area contributed by atoms with E-state index >= 15 is 0 Å². The highest BCUT2D eigenvalue weighted by Crippen LogP contribution is 2.43. The lowest BCUT2D eigenvalue weighted by Gasteiger charge is -2.16. The van der Waals surface area contributed by atoms with Gasteiger partial charge in [0, 0.05) is 5.69 Å². The van der Waals surface area contributed by atoms with Crippen molar-refractivity contribution >= 4 is 17.6 Å². The van der Waals surface area contributed by atoms with E-state index in [9.17, 15) is 9.59 Å². The summed E-state index contributed by atoms with van der Waals surface area (Å²) in [6, 6.07) is 5.83. The molecule has 1 fully saturated rings. The van der Waals surface area contributed by atoms with Crippen molar-refractivity contribution in [3.05, 3.63) is 41.5 Å². The molecule has 3 unspecified atom stereocenters. The van der Waals surface area contributed by atoms with E-state index in [-0.39, 0.29) is 24.4 Å². The summed E-state index contributed by atoms with van der Waals surface area (Å²) in [6.45, 7) is 3.74. The number of ether oxygens (including phenoxy) is 1. The molecule has 1 amide bonds. The van der Waals surface area contributed by atoms with Crippen molar-refractivity contribution in [2.75, 3.05) is 11.9 Å². The molecule has 3 rings (SSSR count). The van der Waals surface area contributed by atoms with E-state index < -0.39 is 0 Å². The quantitative estimate of drug-likeness (QED) is 0.687. The van der Waals surface area contributed by atoms with Gasteiger partial charge in [0.1, 0.15) is 0 Å². The molecule has 4 nitrogen and oxygen atoms in total. The Hall–Kier alpha value is -2.10. The number of carbonyl (C=O) groups is 2. The molecular weight excluding hydrogens is 278 g/mol. The molecule has 0 radical (unpaired) electrons.